The van der Waals surface area contributed by atoms with Crippen LogP contribution in [-0.2, 0) is 0 Å². The van der Waals surface area contributed by atoms with E-state index in [0.29, 0.717) is 0 Å². The fraction of sp³-hybridized carbons (Fsp3) is 0.231. The van der Waals surface area contributed by atoms with Gasteiger partial charge in [0.1, 0.15) is 0 Å². The maximum Gasteiger partial charge on any atom is 0.372 e. The number of hydrogen-bond donors (Lipinski definition) is 1. The molecule has 1 aromatic heterocycles. The van der Waals surface area contributed by atoms with Crippen LogP contribution in [0.1, 0.15) is 35.6 Å². The molecule has 0 aliphatic heterocycles. The molecule has 0 spiro atoms. The Morgan fingerprint density at radius 2 is 2.12 bits per heavy atom. The number of aromatic carboxylic acids is 1. The standard InChI is InChI=1S/C13H14N2O2/c1-2-11(10-6-4-3-5-7-10)15-9-8-14-12(15)13(16)17/h3-9,11H,2H2,1H3,(H,16,17). The first-order valence-corrected chi connectivity index (χ1v) is 5.55. The summed E-state index contributed by atoms with van der Waals surface area (Å²) in [6.07, 6.45) is 4.06. The van der Waals surface area contributed by atoms with Crippen LogP contribution >= 0.6 is 0 Å². The molecule has 0 aliphatic rings. The van der Waals surface area contributed by atoms with E-state index in [0.717, 1.165) is 12.0 Å². The number of aromatic nitrogens is 2. The van der Waals surface area contributed by atoms with Crippen LogP contribution < -0.4 is 0 Å². The monoisotopic (exact) mass is 230 g/mol. The smallest absolute Gasteiger partial charge is 0.372 e. The maximum absolute atomic E-state index is 11.1. The van der Waals surface area contributed by atoms with Crippen LogP contribution in [0.15, 0.2) is 42.7 Å². The molecule has 0 saturated carbocycles. The highest BCUT2D eigenvalue weighted by Gasteiger charge is 2.18. The van der Waals surface area contributed by atoms with Crippen LogP contribution in [0.3, 0.4) is 0 Å². The number of rotatable bonds is 4. The Morgan fingerprint density at radius 1 is 1.41 bits per heavy atom. The van der Waals surface area contributed by atoms with Crippen molar-refractivity contribution >= 4 is 5.97 Å². The van der Waals surface area contributed by atoms with E-state index in [1.165, 1.54) is 6.20 Å². The van der Waals surface area contributed by atoms with Gasteiger partial charge in [-0.1, -0.05) is 37.3 Å². The van der Waals surface area contributed by atoms with Crippen LogP contribution in [0.4, 0.5) is 0 Å². The van der Waals surface area contributed by atoms with Crippen LogP contribution in [0.2, 0.25) is 0 Å². The summed E-state index contributed by atoms with van der Waals surface area (Å²) in [5.74, 6) is -0.912. The van der Waals surface area contributed by atoms with E-state index >= 15 is 0 Å². The molecule has 0 aliphatic carbocycles. The molecule has 1 atom stereocenters. The zero-order valence-corrected chi connectivity index (χ0v) is 9.58. The van der Waals surface area contributed by atoms with E-state index in [1.54, 1.807) is 10.8 Å². The predicted molar refractivity (Wildman–Crippen MR) is 64.1 cm³/mol. The van der Waals surface area contributed by atoms with E-state index in [4.69, 9.17) is 5.11 Å². The average molecular weight is 230 g/mol. The molecule has 4 heteroatoms. The quantitative estimate of drug-likeness (QED) is 0.878. The summed E-state index contributed by atoms with van der Waals surface area (Å²) in [5.41, 5.74) is 1.09. The molecule has 17 heavy (non-hydrogen) atoms. The van der Waals surface area contributed by atoms with Gasteiger partial charge in [-0.05, 0) is 12.0 Å². The van der Waals surface area contributed by atoms with Gasteiger partial charge in [-0.3, -0.25) is 0 Å². The molecule has 2 rings (SSSR count). The number of carboxylic acid groups (broad SMARTS) is 1. The molecule has 88 valence electrons. The zero-order chi connectivity index (χ0) is 12.3. The minimum absolute atomic E-state index is 0.0183. The predicted octanol–water partition coefficient (Wildman–Crippen LogP) is 2.58. The third-order valence-electron chi connectivity index (χ3n) is 2.77. The van der Waals surface area contributed by atoms with Gasteiger partial charge in [-0.2, -0.15) is 0 Å². The summed E-state index contributed by atoms with van der Waals surface area (Å²) in [7, 11) is 0. The van der Waals surface area contributed by atoms with Crippen LogP contribution in [0, 0.1) is 0 Å². The maximum atomic E-state index is 11.1. The van der Waals surface area contributed by atoms with Gasteiger partial charge in [0, 0.05) is 12.4 Å². The second-order valence-corrected chi connectivity index (χ2v) is 3.80. The first kappa shape index (κ1) is 11.4. The van der Waals surface area contributed by atoms with Gasteiger partial charge in [-0.25, -0.2) is 9.78 Å². The number of nitrogens with zero attached hydrogens (tertiary/aromatic N) is 2. The van der Waals surface area contributed by atoms with Crippen molar-refractivity contribution in [1.82, 2.24) is 9.55 Å². The molecular weight excluding hydrogens is 216 g/mol. The zero-order valence-electron chi connectivity index (χ0n) is 9.58. The van der Waals surface area contributed by atoms with Crippen molar-refractivity contribution in [3.63, 3.8) is 0 Å². The minimum atomic E-state index is -0.996. The van der Waals surface area contributed by atoms with E-state index in [2.05, 4.69) is 4.98 Å². The highest BCUT2D eigenvalue weighted by atomic mass is 16.4. The lowest BCUT2D eigenvalue weighted by Crippen LogP contribution is -2.15. The van der Waals surface area contributed by atoms with Crippen LogP contribution in [-0.4, -0.2) is 20.6 Å². The highest BCUT2D eigenvalue weighted by Crippen LogP contribution is 2.22. The molecular formula is C13H14N2O2. The molecule has 1 aromatic carbocycles. The molecule has 0 bridgehead atoms. The number of carbonyl (C=O) groups is 1. The lowest BCUT2D eigenvalue weighted by atomic mass is 10.0. The van der Waals surface area contributed by atoms with E-state index in [9.17, 15) is 4.79 Å². The van der Waals surface area contributed by atoms with E-state index < -0.39 is 5.97 Å². The molecule has 0 amide bonds. The largest absolute Gasteiger partial charge is 0.475 e. The second-order valence-electron chi connectivity index (χ2n) is 3.80. The second kappa shape index (κ2) is 4.82. The topological polar surface area (TPSA) is 55.1 Å². The third kappa shape index (κ3) is 2.20. The Labute approximate surface area is 99.5 Å². The molecule has 1 heterocycles. The molecule has 1 unspecified atom stereocenters. The van der Waals surface area contributed by atoms with Gasteiger partial charge < -0.3 is 9.67 Å². The average Bonchev–Trinajstić information content (AvgIpc) is 2.81. The summed E-state index contributed by atoms with van der Waals surface area (Å²) in [5, 5.41) is 9.06. The summed E-state index contributed by atoms with van der Waals surface area (Å²) in [4.78, 5) is 14.9. The number of benzene rings is 1. The summed E-state index contributed by atoms with van der Waals surface area (Å²) in [6.45, 7) is 2.03. The van der Waals surface area contributed by atoms with Crippen molar-refractivity contribution in [2.75, 3.05) is 0 Å². The summed E-state index contributed by atoms with van der Waals surface area (Å²) < 4.78 is 1.71. The van der Waals surface area contributed by atoms with Gasteiger partial charge in [0.05, 0.1) is 6.04 Å². The lowest BCUT2D eigenvalue weighted by molar-refractivity contribution is 0.0676. The molecule has 0 saturated heterocycles. The van der Waals surface area contributed by atoms with Crippen molar-refractivity contribution in [3.8, 4) is 0 Å². The first-order valence-electron chi connectivity index (χ1n) is 5.55. The van der Waals surface area contributed by atoms with E-state index in [1.807, 2.05) is 37.3 Å². The normalized spacial score (nSPS) is 12.3. The SMILES string of the molecule is CCC(c1ccccc1)n1ccnc1C(=O)O. The van der Waals surface area contributed by atoms with Crippen molar-refractivity contribution in [2.24, 2.45) is 0 Å². The fourth-order valence-electron chi connectivity index (χ4n) is 2.00. The van der Waals surface area contributed by atoms with Gasteiger partial charge in [-0.15, -0.1) is 0 Å². The third-order valence-corrected chi connectivity index (χ3v) is 2.77. The Balaban J connectivity index is 2.43. The summed E-state index contributed by atoms with van der Waals surface area (Å²) >= 11 is 0. The fourth-order valence-corrected chi connectivity index (χ4v) is 2.00. The van der Waals surface area contributed by atoms with Crippen molar-refractivity contribution in [3.05, 3.63) is 54.1 Å². The molecule has 1 N–H and O–H groups in total. The van der Waals surface area contributed by atoms with Crippen LogP contribution in [0.25, 0.3) is 0 Å². The van der Waals surface area contributed by atoms with Gasteiger partial charge in [0.15, 0.2) is 0 Å². The van der Waals surface area contributed by atoms with Gasteiger partial charge >= 0.3 is 5.97 Å². The van der Waals surface area contributed by atoms with Gasteiger partial charge in [0.2, 0.25) is 5.82 Å². The van der Waals surface area contributed by atoms with Crippen molar-refractivity contribution in [2.45, 2.75) is 19.4 Å². The number of hydrogen-bond acceptors (Lipinski definition) is 2. The van der Waals surface area contributed by atoms with E-state index in [-0.39, 0.29) is 11.9 Å². The Morgan fingerprint density at radius 3 is 2.71 bits per heavy atom. The number of carboxylic acids is 1. The van der Waals surface area contributed by atoms with Crippen molar-refractivity contribution in [1.29, 1.82) is 0 Å². The number of imidazole rings is 1. The Bertz CT molecular complexity index is 505. The minimum Gasteiger partial charge on any atom is -0.475 e. The first-order chi connectivity index (χ1) is 8.24. The molecule has 0 radical (unpaired) electrons. The molecule has 2 aromatic rings. The summed E-state index contributed by atoms with van der Waals surface area (Å²) in [6, 6.07) is 9.87. The van der Waals surface area contributed by atoms with Gasteiger partial charge in [0.25, 0.3) is 0 Å². The Hall–Kier alpha value is -2.10. The lowest BCUT2D eigenvalue weighted by Gasteiger charge is -2.18. The molecule has 4 nitrogen and oxygen atoms in total. The highest BCUT2D eigenvalue weighted by molar-refractivity contribution is 5.83. The van der Waals surface area contributed by atoms with Crippen LogP contribution in [0.5, 0.6) is 0 Å². The van der Waals surface area contributed by atoms with Crippen molar-refractivity contribution < 1.29 is 9.90 Å². The Kier molecular flexibility index (Phi) is 3.23. The molecule has 0 fully saturated rings.